The monoisotopic (exact) mass is 296 g/mol. The van der Waals surface area contributed by atoms with E-state index in [1.807, 2.05) is 42.6 Å². The fourth-order valence-corrected chi connectivity index (χ4v) is 2.46. The second kappa shape index (κ2) is 6.72. The fourth-order valence-electron chi connectivity index (χ4n) is 2.46. The van der Waals surface area contributed by atoms with Crippen LogP contribution in [-0.2, 0) is 6.42 Å². The van der Waals surface area contributed by atoms with Crippen LogP contribution in [0.5, 0.6) is 0 Å². The highest BCUT2D eigenvalue weighted by Crippen LogP contribution is 2.25. The average Bonchev–Trinajstić information content (AvgIpc) is 2.63. The van der Waals surface area contributed by atoms with Gasteiger partial charge in [-0.3, -0.25) is 4.98 Å². The van der Waals surface area contributed by atoms with Crippen molar-refractivity contribution in [2.24, 2.45) is 0 Å². The Balaban J connectivity index is 1.83. The Morgan fingerprint density at radius 3 is 1.83 bits per heavy atom. The first-order chi connectivity index (χ1) is 11.3. The van der Waals surface area contributed by atoms with Gasteiger partial charge in [0.2, 0.25) is 0 Å². The third kappa shape index (κ3) is 3.36. The first-order valence-electron chi connectivity index (χ1n) is 7.47. The molecule has 0 saturated heterocycles. The van der Waals surface area contributed by atoms with Crippen molar-refractivity contribution in [3.63, 3.8) is 0 Å². The summed E-state index contributed by atoms with van der Waals surface area (Å²) in [6.07, 6.45) is 4.54. The zero-order chi connectivity index (χ0) is 16.1. The van der Waals surface area contributed by atoms with Crippen LogP contribution >= 0.6 is 0 Å². The first-order valence-corrected chi connectivity index (χ1v) is 7.47. The number of nitrogens with zero attached hydrogens (tertiary/aromatic N) is 2. The zero-order valence-corrected chi connectivity index (χ0v) is 12.7. The lowest BCUT2D eigenvalue weighted by atomic mass is 10.0. The van der Waals surface area contributed by atoms with Crippen LogP contribution in [0.3, 0.4) is 0 Å². The van der Waals surface area contributed by atoms with Gasteiger partial charge >= 0.3 is 0 Å². The van der Waals surface area contributed by atoms with Gasteiger partial charge in [-0.1, -0.05) is 48.5 Å². The van der Waals surface area contributed by atoms with Crippen molar-refractivity contribution in [2.45, 2.75) is 6.42 Å². The molecule has 2 aromatic carbocycles. The summed E-state index contributed by atoms with van der Waals surface area (Å²) in [5.74, 6) is 0. The van der Waals surface area contributed by atoms with E-state index in [2.05, 4.69) is 48.0 Å². The molecule has 0 aliphatic carbocycles. The Bertz CT molecular complexity index is 836. The van der Waals surface area contributed by atoms with Gasteiger partial charge in [0.15, 0.2) is 0 Å². The third-order valence-electron chi connectivity index (χ3n) is 3.74. The van der Waals surface area contributed by atoms with Gasteiger partial charge in [-0.2, -0.15) is 5.26 Å². The summed E-state index contributed by atoms with van der Waals surface area (Å²) in [4.78, 5) is 4.44. The molecule has 0 bridgehead atoms. The molecule has 110 valence electrons. The number of aromatic nitrogens is 1. The second-order valence-corrected chi connectivity index (χ2v) is 5.30. The van der Waals surface area contributed by atoms with Crippen LogP contribution < -0.4 is 0 Å². The summed E-state index contributed by atoms with van der Waals surface area (Å²) >= 11 is 0. The third-order valence-corrected chi connectivity index (χ3v) is 3.74. The molecule has 0 radical (unpaired) electrons. The largest absolute Gasteiger partial charge is 0.260 e. The predicted octanol–water partition coefficient (Wildman–Crippen LogP) is 5.02. The SMILES string of the molecule is C=CCc1ccc(-c2ccc(-c3ccc(C#N)cc3)cc2)cn1. The van der Waals surface area contributed by atoms with Crippen LogP contribution in [-0.4, -0.2) is 4.98 Å². The van der Waals surface area contributed by atoms with Gasteiger partial charge in [0, 0.05) is 23.9 Å². The number of benzene rings is 2. The van der Waals surface area contributed by atoms with Gasteiger partial charge < -0.3 is 0 Å². The maximum atomic E-state index is 8.85. The number of pyridine rings is 1. The topological polar surface area (TPSA) is 36.7 Å². The van der Waals surface area contributed by atoms with Crippen molar-refractivity contribution in [3.05, 3.63) is 90.8 Å². The van der Waals surface area contributed by atoms with Gasteiger partial charge in [-0.05, 0) is 34.9 Å². The van der Waals surface area contributed by atoms with Crippen molar-refractivity contribution in [3.8, 4) is 28.3 Å². The molecule has 2 heteroatoms. The number of rotatable bonds is 4. The minimum absolute atomic E-state index is 0.677. The lowest BCUT2D eigenvalue weighted by Crippen LogP contribution is -1.87. The smallest absolute Gasteiger partial charge is 0.0991 e. The standard InChI is InChI=1S/C21H16N2/c1-2-3-21-13-12-20(15-23-21)19-10-8-18(9-11-19)17-6-4-16(14-22)5-7-17/h2,4-13,15H,1,3H2. The van der Waals surface area contributed by atoms with Gasteiger partial charge in [-0.15, -0.1) is 6.58 Å². The highest BCUT2D eigenvalue weighted by molar-refractivity contribution is 5.70. The molecule has 3 aromatic rings. The maximum absolute atomic E-state index is 8.85. The van der Waals surface area contributed by atoms with E-state index < -0.39 is 0 Å². The molecule has 0 unspecified atom stereocenters. The molecule has 1 heterocycles. The Hall–Kier alpha value is -3.18. The lowest BCUT2D eigenvalue weighted by molar-refractivity contribution is 1.11. The molecule has 0 amide bonds. The highest BCUT2D eigenvalue weighted by Gasteiger charge is 2.02. The Morgan fingerprint density at radius 2 is 1.35 bits per heavy atom. The van der Waals surface area contributed by atoms with Crippen molar-refractivity contribution in [2.75, 3.05) is 0 Å². The van der Waals surface area contributed by atoms with E-state index in [4.69, 9.17) is 5.26 Å². The number of allylic oxidation sites excluding steroid dienone is 1. The molecule has 0 N–H and O–H groups in total. The highest BCUT2D eigenvalue weighted by atomic mass is 14.7. The molecule has 0 aliphatic heterocycles. The molecule has 2 nitrogen and oxygen atoms in total. The van der Waals surface area contributed by atoms with Gasteiger partial charge in [0.25, 0.3) is 0 Å². The summed E-state index contributed by atoms with van der Waals surface area (Å²) in [6.45, 7) is 3.73. The van der Waals surface area contributed by atoms with Gasteiger partial charge in [-0.25, -0.2) is 0 Å². The summed E-state index contributed by atoms with van der Waals surface area (Å²) in [6, 6.07) is 22.2. The van der Waals surface area contributed by atoms with E-state index in [1.54, 1.807) is 0 Å². The van der Waals surface area contributed by atoms with Gasteiger partial charge in [0.1, 0.15) is 0 Å². The molecule has 23 heavy (non-hydrogen) atoms. The Kier molecular flexibility index (Phi) is 4.31. The number of hydrogen-bond acceptors (Lipinski definition) is 2. The summed E-state index contributed by atoms with van der Waals surface area (Å²) < 4.78 is 0. The van der Waals surface area contributed by atoms with Crippen molar-refractivity contribution in [1.82, 2.24) is 4.98 Å². The molecule has 0 fully saturated rings. The van der Waals surface area contributed by atoms with Crippen molar-refractivity contribution >= 4 is 0 Å². The zero-order valence-electron chi connectivity index (χ0n) is 12.7. The van der Waals surface area contributed by atoms with Crippen LogP contribution in [0, 0.1) is 11.3 Å². The molecular weight excluding hydrogens is 280 g/mol. The van der Waals surface area contributed by atoms with E-state index in [0.29, 0.717) is 5.56 Å². The van der Waals surface area contributed by atoms with Gasteiger partial charge in [0.05, 0.1) is 11.6 Å². The van der Waals surface area contributed by atoms with Crippen LogP contribution in [0.25, 0.3) is 22.3 Å². The molecular formula is C21H16N2. The van der Waals surface area contributed by atoms with E-state index in [0.717, 1.165) is 34.4 Å². The predicted molar refractivity (Wildman–Crippen MR) is 93.7 cm³/mol. The normalized spacial score (nSPS) is 10.0. The van der Waals surface area contributed by atoms with Crippen LogP contribution in [0.15, 0.2) is 79.5 Å². The van der Waals surface area contributed by atoms with E-state index in [-0.39, 0.29) is 0 Å². The summed E-state index contributed by atoms with van der Waals surface area (Å²) in [5.41, 5.74) is 6.18. The summed E-state index contributed by atoms with van der Waals surface area (Å²) in [7, 11) is 0. The average molecular weight is 296 g/mol. The van der Waals surface area contributed by atoms with E-state index in [9.17, 15) is 0 Å². The van der Waals surface area contributed by atoms with E-state index in [1.165, 1.54) is 0 Å². The minimum atomic E-state index is 0.677. The maximum Gasteiger partial charge on any atom is 0.0991 e. The number of hydrogen-bond donors (Lipinski definition) is 0. The van der Waals surface area contributed by atoms with E-state index >= 15 is 0 Å². The fraction of sp³-hybridized carbons (Fsp3) is 0.0476. The second-order valence-electron chi connectivity index (χ2n) is 5.30. The first kappa shape index (κ1) is 14.7. The quantitative estimate of drug-likeness (QED) is 0.634. The van der Waals surface area contributed by atoms with Crippen molar-refractivity contribution < 1.29 is 0 Å². The summed E-state index contributed by atoms with van der Waals surface area (Å²) in [5, 5.41) is 8.85. The van der Waals surface area contributed by atoms with Crippen LogP contribution in [0.4, 0.5) is 0 Å². The van der Waals surface area contributed by atoms with Crippen molar-refractivity contribution in [1.29, 1.82) is 5.26 Å². The Labute approximate surface area is 136 Å². The lowest BCUT2D eigenvalue weighted by Gasteiger charge is -2.06. The molecule has 0 atom stereocenters. The molecule has 0 spiro atoms. The van der Waals surface area contributed by atoms with Crippen LogP contribution in [0.2, 0.25) is 0 Å². The van der Waals surface area contributed by atoms with Crippen LogP contribution in [0.1, 0.15) is 11.3 Å². The Morgan fingerprint density at radius 1 is 0.826 bits per heavy atom. The molecule has 0 saturated carbocycles. The minimum Gasteiger partial charge on any atom is -0.260 e. The number of nitriles is 1. The molecule has 0 aliphatic rings. The molecule has 3 rings (SSSR count). The molecule has 1 aromatic heterocycles.